The SMILES string of the molecule is CC(=O)CC(=O)OCc1ccc(/C=C\c2ccc(-c3ccccc3)cc2)cc1. The Hall–Kier alpha value is -3.46. The highest BCUT2D eigenvalue weighted by molar-refractivity contribution is 5.94. The van der Waals surface area contributed by atoms with Crippen molar-refractivity contribution < 1.29 is 14.3 Å². The average Bonchev–Trinajstić information content (AvgIpc) is 2.72. The third kappa shape index (κ3) is 5.78. The summed E-state index contributed by atoms with van der Waals surface area (Å²) in [6, 6.07) is 26.5. The molecule has 3 aromatic carbocycles. The number of hydrogen-bond donors (Lipinski definition) is 0. The van der Waals surface area contributed by atoms with Crippen molar-refractivity contribution in [1.82, 2.24) is 0 Å². The van der Waals surface area contributed by atoms with Crippen LogP contribution < -0.4 is 0 Å². The van der Waals surface area contributed by atoms with Gasteiger partial charge in [-0.2, -0.15) is 0 Å². The highest BCUT2D eigenvalue weighted by atomic mass is 16.5. The molecular formula is C25H22O3. The van der Waals surface area contributed by atoms with Crippen molar-refractivity contribution in [1.29, 1.82) is 0 Å². The molecule has 28 heavy (non-hydrogen) atoms. The second-order valence-corrected chi connectivity index (χ2v) is 6.60. The number of ketones is 1. The van der Waals surface area contributed by atoms with E-state index in [0.717, 1.165) is 16.7 Å². The van der Waals surface area contributed by atoms with Crippen LogP contribution in [-0.2, 0) is 20.9 Å². The standard InChI is InChI=1S/C25H22O3/c1-19(26)17-25(27)28-18-22-11-9-20(10-12-22)7-8-21-13-15-24(16-14-21)23-5-3-2-4-6-23/h2-16H,17-18H2,1H3/b8-7-. The minimum Gasteiger partial charge on any atom is -0.460 e. The molecule has 0 radical (unpaired) electrons. The summed E-state index contributed by atoms with van der Waals surface area (Å²) in [6.45, 7) is 1.55. The average molecular weight is 370 g/mol. The van der Waals surface area contributed by atoms with E-state index in [9.17, 15) is 9.59 Å². The zero-order chi connectivity index (χ0) is 19.8. The summed E-state index contributed by atoms with van der Waals surface area (Å²) in [6.07, 6.45) is 3.93. The molecule has 0 unspecified atom stereocenters. The first-order valence-electron chi connectivity index (χ1n) is 9.18. The lowest BCUT2D eigenvalue weighted by Gasteiger charge is -2.04. The molecule has 0 aromatic heterocycles. The smallest absolute Gasteiger partial charge is 0.313 e. The molecule has 0 saturated carbocycles. The number of hydrogen-bond acceptors (Lipinski definition) is 3. The van der Waals surface area contributed by atoms with Gasteiger partial charge in [-0.05, 0) is 34.7 Å². The summed E-state index contributed by atoms with van der Waals surface area (Å²) >= 11 is 0. The van der Waals surface area contributed by atoms with E-state index in [1.54, 1.807) is 0 Å². The maximum Gasteiger partial charge on any atom is 0.313 e. The van der Waals surface area contributed by atoms with Gasteiger partial charge in [0.1, 0.15) is 18.8 Å². The number of carbonyl (C=O) groups excluding carboxylic acids is 2. The Balaban J connectivity index is 1.57. The van der Waals surface area contributed by atoms with Gasteiger partial charge in [0.05, 0.1) is 0 Å². The van der Waals surface area contributed by atoms with Crippen LogP contribution in [0.4, 0.5) is 0 Å². The maximum absolute atomic E-state index is 11.4. The minimum absolute atomic E-state index is 0.177. The van der Waals surface area contributed by atoms with Crippen molar-refractivity contribution >= 4 is 23.9 Å². The number of carbonyl (C=O) groups is 2. The van der Waals surface area contributed by atoms with Gasteiger partial charge in [-0.25, -0.2) is 0 Å². The molecule has 0 atom stereocenters. The summed E-state index contributed by atoms with van der Waals surface area (Å²) in [4.78, 5) is 22.3. The summed E-state index contributed by atoms with van der Waals surface area (Å²) in [5, 5.41) is 0. The van der Waals surface area contributed by atoms with Crippen molar-refractivity contribution in [2.24, 2.45) is 0 Å². The fraction of sp³-hybridized carbons (Fsp3) is 0.120. The van der Waals surface area contributed by atoms with Crippen LogP contribution in [0, 0.1) is 0 Å². The predicted molar refractivity (Wildman–Crippen MR) is 112 cm³/mol. The monoisotopic (exact) mass is 370 g/mol. The number of benzene rings is 3. The van der Waals surface area contributed by atoms with Crippen LogP contribution in [0.3, 0.4) is 0 Å². The maximum atomic E-state index is 11.4. The summed E-state index contributed by atoms with van der Waals surface area (Å²) in [5.41, 5.74) is 5.48. The molecule has 140 valence electrons. The van der Waals surface area contributed by atoms with E-state index in [1.807, 2.05) is 48.5 Å². The quantitative estimate of drug-likeness (QED) is 0.311. The minimum atomic E-state index is -0.490. The largest absolute Gasteiger partial charge is 0.460 e. The van der Waals surface area contributed by atoms with Gasteiger partial charge in [0, 0.05) is 0 Å². The molecular weight excluding hydrogens is 348 g/mol. The summed E-state index contributed by atoms with van der Waals surface area (Å²) in [7, 11) is 0. The Labute approximate surface area is 165 Å². The molecule has 0 fully saturated rings. The van der Waals surface area contributed by atoms with E-state index < -0.39 is 5.97 Å². The fourth-order valence-corrected chi connectivity index (χ4v) is 2.75. The summed E-state index contributed by atoms with van der Waals surface area (Å²) < 4.78 is 5.08. The first-order chi connectivity index (χ1) is 13.6. The molecule has 0 heterocycles. The molecule has 0 spiro atoms. The van der Waals surface area contributed by atoms with Crippen LogP contribution in [0.25, 0.3) is 23.3 Å². The molecule has 3 nitrogen and oxygen atoms in total. The van der Waals surface area contributed by atoms with E-state index in [-0.39, 0.29) is 18.8 Å². The van der Waals surface area contributed by atoms with Crippen LogP contribution in [0.5, 0.6) is 0 Å². The van der Waals surface area contributed by atoms with Crippen molar-refractivity contribution in [3.8, 4) is 11.1 Å². The van der Waals surface area contributed by atoms with Gasteiger partial charge < -0.3 is 4.74 Å². The highest BCUT2D eigenvalue weighted by Gasteiger charge is 2.06. The molecule has 0 bridgehead atoms. The Morgan fingerprint density at radius 2 is 1.29 bits per heavy atom. The van der Waals surface area contributed by atoms with Crippen molar-refractivity contribution in [3.63, 3.8) is 0 Å². The van der Waals surface area contributed by atoms with E-state index in [1.165, 1.54) is 18.1 Å². The Morgan fingerprint density at radius 3 is 1.86 bits per heavy atom. The van der Waals surface area contributed by atoms with Crippen molar-refractivity contribution in [3.05, 3.63) is 95.6 Å². The number of rotatable bonds is 7. The van der Waals surface area contributed by atoms with E-state index in [2.05, 4.69) is 42.5 Å². The summed E-state index contributed by atoms with van der Waals surface area (Å²) in [5.74, 6) is -0.683. The van der Waals surface area contributed by atoms with Crippen LogP contribution in [0.15, 0.2) is 78.9 Å². The molecule has 0 amide bonds. The van der Waals surface area contributed by atoms with Gasteiger partial charge in [-0.1, -0.05) is 91.0 Å². The highest BCUT2D eigenvalue weighted by Crippen LogP contribution is 2.20. The number of esters is 1. The molecule has 3 rings (SSSR count). The molecule has 0 aliphatic carbocycles. The van der Waals surface area contributed by atoms with Gasteiger partial charge in [0.25, 0.3) is 0 Å². The van der Waals surface area contributed by atoms with Gasteiger partial charge in [-0.15, -0.1) is 0 Å². The van der Waals surface area contributed by atoms with Crippen LogP contribution >= 0.6 is 0 Å². The zero-order valence-corrected chi connectivity index (χ0v) is 15.8. The predicted octanol–water partition coefficient (Wildman–Crippen LogP) is 5.55. The molecule has 3 aromatic rings. The van der Waals surface area contributed by atoms with Crippen molar-refractivity contribution in [2.45, 2.75) is 20.0 Å². The Kier molecular flexibility index (Phi) is 6.53. The van der Waals surface area contributed by atoms with Crippen LogP contribution in [0.2, 0.25) is 0 Å². The lowest BCUT2D eigenvalue weighted by atomic mass is 10.0. The lowest BCUT2D eigenvalue weighted by Crippen LogP contribution is -2.08. The molecule has 0 aliphatic heterocycles. The topological polar surface area (TPSA) is 43.4 Å². The fourth-order valence-electron chi connectivity index (χ4n) is 2.75. The molecule has 0 N–H and O–H groups in total. The lowest BCUT2D eigenvalue weighted by molar-refractivity contribution is -0.146. The van der Waals surface area contributed by atoms with Gasteiger partial charge in [-0.3, -0.25) is 9.59 Å². The van der Waals surface area contributed by atoms with Crippen molar-refractivity contribution in [2.75, 3.05) is 0 Å². The van der Waals surface area contributed by atoms with Crippen LogP contribution in [0.1, 0.15) is 30.0 Å². The third-order valence-electron chi connectivity index (χ3n) is 4.26. The second kappa shape index (κ2) is 9.47. The third-order valence-corrected chi connectivity index (χ3v) is 4.26. The Morgan fingerprint density at radius 1 is 0.750 bits per heavy atom. The second-order valence-electron chi connectivity index (χ2n) is 6.60. The van der Waals surface area contributed by atoms with Gasteiger partial charge >= 0.3 is 5.97 Å². The van der Waals surface area contributed by atoms with Gasteiger partial charge in [0.15, 0.2) is 0 Å². The molecule has 0 aliphatic rings. The first-order valence-corrected chi connectivity index (χ1v) is 9.18. The number of ether oxygens (including phenoxy) is 1. The first kappa shape index (κ1) is 19.3. The van der Waals surface area contributed by atoms with E-state index in [4.69, 9.17) is 4.74 Å². The van der Waals surface area contributed by atoms with E-state index >= 15 is 0 Å². The number of Topliss-reactive ketones (excluding diaryl/α,β-unsaturated/α-hetero) is 1. The van der Waals surface area contributed by atoms with Gasteiger partial charge in [0.2, 0.25) is 0 Å². The van der Waals surface area contributed by atoms with Crippen LogP contribution in [-0.4, -0.2) is 11.8 Å². The molecule has 3 heteroatoms. The molecule has 0 saturated heterocycles. The Bertz CT molecular complexity index is 953. The zero-order valence-electron chi connectivity index (χ0n) is 15.8. The van der Waals surface area contributed by atoms with E-state index in [0.29, 0.717) is 0 Å². The normalized spacial score (nSPS) is 10.8.